The molecule has 0 fully saturated rings. The Hall–Kier alpha value is -3.75. The first kappa shape index (κ1) is 19.6. The first-order valence-electron chi connectivity index (χ1n) is 8.70. The van der Waals surface area contributed by atoms with E-state index in [0.29, 0.717) is 40.0 Å². The molecule has 0 aliphatic carbocycles. The molecule has 6 nitrogen and oxygen atoms in total. The van der Waals surface area contributed by atoms with Crippen LogP contribution >= 0.6 is 0 Å². The standard InChI is InChI=1S/C21H14F3NO5/c1-28-19-5-10-3-4-18-12(11(10)8-20(19)29-2)7-17(25(26)27)21(30-18)13-6-15(23)16(24)9-14(13)22/h3-9,21H,1-2H3/t21-/m1/s1. The number of fused-ring (bicyclic) bond motifs is 3. The molecular weight excluding hydrogens is 403 g/mol. The van der Waals surface area contributed by atoms with Crippen molar-refractivity contribution in [3.05, 3.63) is 80.8 Å². The summed E-state index contributed by atoms with van der Waals surface area (Å²) in [6, 6.07) is 7.49. The molecule has 0 radical (unpaired) electrons. The minimum absolute atomic E-state index is 0.217. The Morgan fingerprint density at radius 3 is 2.30 bits per heavy atom. The van der Waals surface area contributed by atoms with E-state index in [2.05, 4.69) is 0 Å². The van der Waals surface area contributed by atoms with E-state index in [-0.39, 0.29) is 5.75 Å². The number of nitrogens with zero attached hydrogens (tertiary/aromatic N) is 1. The van der Waals surface area contributed by atoms with Gasteiger partial charge in [0.2, 0.25) is 6.10 Å². The molecule has 1 aliphatic rings. The molecule has 0 N–H and O–H groups in total. The van der Waals surface area contributed by atoms with Crippen LogP contribution in [0.15, 0.2) is 42.1 Å². The molecule has 1 heterocycles. The summed E-state index contributed by atoms with van der Waals surface area (Å²) in [7, 11) is 2.94. The van der Waals surface area contributed by atoms with Gasteiger partial charge >= 0.3 is 0 Å². The lowest BCUT2D eigenvalue weighted by molar-refractivity contribution is -0.434. The lowest BCUT2D eigenvalue weighted by atomic mass is 9.96. The zero-order chi connectivity index (χ0) is 21.6. The molecule has 0 saturated carbocycles. The molecule has 9 heteroatoms. The van der Waals surface area contributed by atoms with E-state index in [4.69, 9.17) is 14.2 Å². The van der Waals surface area contributed by atoms with Crippen LogP contribution in [0, 0.1) is 27.6 Å². The van der Waals surface area contributed by atoms with Crippen LogP contribution in [0.3, 0.4) is 0 Å². The number of methoxy groups -OCH3 is 2. The maximum atomic E-state index is 14.3. The monoisotopic (exact) mass is 417 g/mol. The summed E-state index contributed by atoms with van der Waals surface area (Å²) in [4.78, 5) is 11.0. The molecule has 1 atom stereocenters. The topological polar surface area (TPSA) is 70.8 Å². The maximum Gasteiger partial charge on any atom is 0.291 e. The van der Waals surface area contributed by atoms with Gasteiger partial charge in [0.25, 0.3) is 5.70 Å². The molecule has 0 unspecified atom stereocenters. The van der Waals surface area contributed by atoms with Crippen LogP contribution in [0.5, 0.6) is 17.2 Å². The number of nitro groups is 1. The van der Waals surface area contributed by atoms with Gasteiger partial charge in [0.05, 0.1) is 19.1 Å². The van der Waals surface area contributed by atoms with Gasteiger partial charge in [-0.25, -0.2) is 13.2 Å². The fourth-order valence-corrected chi connectivity index (χ4v) is 3.43. The normalized spacial score (nSPS) is 15.2. The maximum absolute atomic E-state index is 14.3. The smallest absolute Gasteiger partial charge is 0.291 e. The van der Waals surface area contributed by atoms with Crippen molar-refractivity contribution in [1.82, 2.24) is 0 Å². The van der Waals surface area contributed by atoms with Crippen LogP contribution in [0.25, 0.3) is 16.8 Å². The van der Waals surface area contributed by atoms with Crippen molar-refractivity contribution in [2.45, 2.75) is 6.10 Å². The lowest BCUT2D eigenvalue weighted by Crippen LogP contribution is -2.21. The van der Waals surface area contributed by atoms with E-state index in [1.165, 1.54) is 20.3 Å². The average Bonchev–Trinajstić information content (AvgIpc) is 2.74. The van der Waals surface area contributed by atoms with Crippen LogP contribution < -0.4 is 14.2 Å². The summed E-state index contributed by atoms with van der Waals surface area (Å²) in [6.07, 6.45) is -0.321. The van der Waals surface area contributed by atoms with Crippen molar-refractivity contribution in [1.29, 1.82) is 0 Å². The van der Waals surface area contributed by atoms with Crippen molar-refractivity contribution in [2.24, 2.45) is 0 Å². The predicted octanol–water partition coefficient (Wildman–Crippen LogP) is 5.03. The van der Waals surface area contributed by atoms with Crippen molar-refractivity contribution in [2.75, 3.05) is 14.2 Å². The highest BCUT2D eigenvalue weighted by molar-refractivity contribution is 5.96. The molecule has 3 aromatic carbocycles. The van der Waals surface area contributed by atoms with Crippen molar-refractivity contribution in [3.8, 4) is 17.2 Å². The molecule has 4 rings (SSSR count). The molecule has 0 aromatic heterocycles. The Balaban J connectivity index is 1.93. The summed E-state index contributed by atoms with van der Waals surface area (Å²) in [5, 5.41) is 13.0. The van der Waals surface area contributed by atoms with Gasteiger partial charge in [-0.05, 0) is 35.0 Å². The number of benzene rings is 3. The number of ether oxygens (including phenoxy) is 3. The SMILES string of the molecule is COc1cc2ccc3c(c2cc1OC)C=C([N+](=O)[O-])[C@@H](c1cc(F)c(F)cc1F)O3. The first-order chi connectivity index (χ1) is 14.3. The van der Waals surface area contributed by atoms with Gasteiger partial charge in [-0.2, -0.15) is 0 Å². The van der Waals surface area contributed by atoms with Crippen molar-refractivity contribution in [3.63, 3.8) is 0 Å². The summed E-state index contributed by atoms with van der Waals surface area (Å²) in [5.74, 6) is -2.79. The van der Waals surface area contributed by atoms with Gasteiger partial charge in [0.1, 0.15) is 11.6 Å². The minimum atomic E-state index is -1.56. The Labute approximate surface area is 168 Å². The first-order valence-corrected chi connectivity index (χ1v) is 8.70. The third kappa shape index (κ3) is 3.08. The van der Waals surface area contributed by atoms with Crippen LogP contribution in [0.1, 0.15) is 17.2 Å². The largest absolute Gasteiger partial charge is 0.493 e. The van der Waals surface area contributed by atoms with Gasteiger partial charge in [0, 0.05) is 23.3 Å². The molecule has 30 heavy (non-hydrogen) atoms. The lowest BCUT2D eigenvalue weighted by Gasteiger charge is -2.24. The minimum Gasteiger partial charge on any atom is -0.493 e. The second kappa shape index (κ2) is 7.25. The van der Waals surface area contributed by atoms with E-state index < -0.39 is 39.7 Å². The number of hydrogen-bond donors (Lipinski definition) is 0. The molecule has 0 saturated heterocycles. The molecule has 0 spiro atoms. The summed E-state index contributed by atoms with van der Waals surface area (Å²) < 4.78 is 57.5. The number of halogens is 3. The van der Waals surface area contributed by atoms with E-state index in [0.717, 1.165) is 0 Å². The van der Waals surface area contributed by atoms with E-state index in [1.807, 2.05) is 0 Å². The van der Waals surface area contributed by atoms with Crippen LogP contribution in [0.4, 0.5) is 13.2 Å². The highest BCUT2D eigenvalue weighted by Crippen LogP contribution is 2.44. The number of rotatable bonds is 4. The Bertz CT molecular complexity index is 1230. The quantitative estimate of drug-likeness (QED) is 0.339. The second-order valence-corrected chi connectivity index (χ2v) is 6.52. The zero-order valence-corrected chi connectivity index (χ0v) is 15.7. The Morgan fingerprint density at radius 1 is 0.967 bits per heavy atom. The Kier molecular flexibility index (Phi) is 4.73. The van der Waals surface area contributed by atoms with Gasteiger partial charge in [-0.3, -0.25) is 10.1 Å². The van der Waals surface area contributed by atoms with Gasteiger partial charge < -0.3 is 14.2 Å². The van der Waals surface area contributed by atoms with Crippen LogP contribution in [-0.2, 0) is 0 Å². The third-order valence-corrected chi connectivity index (χ3v) is 4.86. The summed E-state index contributed by atoms with van der Waals surface area (Å²) in [5.41, 5.74) is -0.621. The van der Waals surface area contributed by atoms with Crippen molar-refractivity contribution < 1.29 is 32.3 Å². The third-order valence-electron chi connectivity index (χ3n) is 4.86. The molecule has 1 aliphatic heterocycles. The van der Waals surface area contributed by atoms with E-state index in [9.17, 15) is 23.3 Å². The second-order valence-electron chi connectivity index (χ2n) is 6.52. The fourth-order valence-electron chi connectivity index (χ4n) is 3.43. The van der Waals surface area contributed by atoms with E-state index >= 15 is 0 Å². The number of hydrogen-bond acceptors (Lipinski definition) is 5. The highest BCUT2D eigenvalue weighted by Gasteiger charge is 2.36. The molecular formula is C21H14F3NO5. The summed E-state index contributed by atoms with van der Waals surface area (Å²) >= 11 is 0. The molecule has 3 aromatic rings. The fraction of sp³-hybridized carbons (Fsp3) is 0.143. The van der Waals surface area contributed by atoms with Gasteiger partial charge in [0.15, 0.2) is 23.1 Å². The van der Waals surface area contributed by atoms with Gasteiger partial charge in [-0.15, -0.1) is 0 Å². The predicted molar refractivity (Wildman–Crippen MR) is 102 cm³/mol. The van der Waals surface area contributed by atoms with Crippen LogP contribution in [0.2, 0.25) is 0 Å². The highest BCUT2D eigenvalue weighted by atomic mass is 19.2. The summed E-state index contributed by atoms with van der Waals surface area (Å²) in [6.45, 7) is 0. The molecule has 154 valence electrons. The van der Waals surface area contributed by atoms with E-state index in [1.54, 1.807) is 24.3 Å². The average molecular weight is 417 g/mol. The van der Waals surface area contributed by atoms with Gasteiger partial charge in [-0.1, -0.05) is 6.07 Å². The Morgan fingerprint density at radius 2 is 1.63 bits per heavy atom. The molecule has 0 bridgehead atoms. The van der Waals surface area contributed by atoms with Crippen molar-refractivity contribution >= 4 is 16.8 Å². The van der Waals surface area contributed by atoms with Crippen LogP contribution in [-0.4, -0.2) is 19.1 Å². The molecule has 0 amide bonds. The zero-order valence-electron chi connectivity index (χ0n) is 15.7.